The molecular weight excluding hydrogens is 196 g/mol. The summed E-state index contributed by atoms with van der Waals surface area (Å²) in [6.45, 7) is 13.5. The Morgan fingerprint density at radius 1 is 0.812 bits per heavy atom. The average molecular weight is 228 g/mol. The van der Waals surface area contributed by atoms with Crippen LogP contribution in [0.3, 0.4) is 0 Å². The van der Waals surface area contributed by atoms with Gasteiger partial charge in [-0.25, -0.2) is 0 Å². The summed E-state index contributed by atoms with van der Waals surface area (Å²) in [6, 6.07) is 0. The van der Waals surface area contributed by atoms with Gasteiger partial charge in [-0.05, 0) is 31.3 Å². The van der Waals surface area contributed by atoms with E-state index in [-0.39, 0.29) is 0 Å². The molecule has 0 heterocycles. The van der Waals surface area contributed by atoms with E-state index in [9.17, 15) is 0 Å². The minimum Gasteiger partial charge on any atom is -0.302 e. The van der Waals surface area contributed by atoms with Crippen molar-refractivity contribution in [2.24, 2.45) is 11.8 Å². The van der Waals surface area contributed by atoms with E-state index in [2.05, 4.69) is 45.3 Å². The number of unbranched alkanes of at least 4 members (excludes halogenated alkanes) is 2. The van der Waals surface area contributed by atoms with Crippen LogP contribution in [0.15, 0.2) is 0 Å². The molecule has 0 spiro atoms. The Morgan fingerprint density at radius 2 is 1.31 bits per heavy atom. The van der Waals surface area contributed by atoms with Crippen LogP contribution < -0.4 is 10.6 Å². The second kappa shape index (κ2) is 10.1. The third-order valence-corrected chi connectivity index (χ3v) is 2.64. The van der Waals surface area contributed by atoms with Gasteiger partial charge in [-0.1, -0.05) is 53.9 Å². The number of nitrogens with one attached hydrogen (secondary N) is 2. The second-order valence-corrected chi connectivity index (χ2v) is 5.65. The summed E-state index contributed by atoms with van der Waals surface area (Å²) in [5.74, 6) is 1.46. The molecule has 98 valence electrons. The smallest absolute Gasteiger partial charge is 0.0571 e. The van der Waals surface area contributed by atoms with Gasteiger partial charge in [0, 0.05) is 0 Å². The Balaban J connectivity index is 3.76. The van der Waals surface area contributed by atoms with Crippen LogP contribution in [0.1, 0.15) is 60.3 Å². The summed E-state index contributed by atoms with van der Waals surface area (Å²) in [7, 11) is 0. The Kier molecular flexibility index (Phi) is 10.0. The first-order valence-electron chi connectivity index (χ1n) is 7.03. The van der Waals surface area contributed by atoms with Crippen LogP contribution in [0.2, 0.25) is 0 Å². The summed E-state index contributed by atoms with van der Waals surface area (Å²) >= 11 is 0. The van der Waals surface area contributed by atoms with Crippen LogP contribution >= 0.6 is 0 Å². The van der Waals surface area contributed by atoms with Crippen molar-refractivity contribution in [1.29, 1.82) is 0 Å². The molecular formula is C14H32N2. The van der Waals surface area contributed by atoms with Gasteiger partial charge in [0.15, 0.2) is 0 Å². The van der Waals surface area contributed by atoms with E-state index in [1.807, 2.05) is 0 Å². The van der Waals surface area contributed by atoms with Crippen LogP contribution in [0.4, 0.5) is 0 Å². The quantitative estimate of drug-likeness (QED) is 0.442. The summed E-state index contributed by atoms with van der Waals surface area (Å²) < 4.78 is 0. The lowest BCUT2D eigenvalue weighted by molar-refractivity contribution is 0.352. The highest BCUT2D eigenvalue weighted by Gasteiger charge is 2.08. The van der Waals surface area contributed by atoms with Gasteiger partial charge in [0.25, 0.3) is 0 Å². The Hall–Kier alpha value is -0.0800. The number of rotatable bonds is 10. The minimum absolute atomic E-state index is 0.511. The topological polar surface area (TPSA) is 24.1 Å². The molecule has 0 radical (unpaired) electrons. The Bertz CT molecular complexity index is 132. The van der Waals surface area contributed by atoms with E-state index in [1.54, 1.807) is 0 Å². The molecule has 16 heavy (non-hydrogen) atoms. The SMILES string of the molecule is CCCCCC(NCC(C)C)NCC(C)C. The predicted octanol–water partition coefficient (Wildman–Crippen LogP) is 3.38. The second-order valence-electron chi connectivity index (χ2n) is 5.65. The largest absolute Gasteiger partial charge is 0.302 e. The highest BCUT2D eigenvalue weighted by molar-refractivity contribution is 4.66. The molecule has 0 aliphatic heterocycles. The van der Waals surface area contributed by atoms with Crippen LogP contribution in [0.5, 0.6) is 0 Å². The average Bonchev–Trinajstić information content (AvgIpc) is 2.21. The van der Waals surface area contributed by atoms with Gasteiger partial charge in [-0.3, -0.25) is 0 Å². The van der Waals surface area contributed by atoms with Crippen molar-refractivity contribution in [2.45, 2.75) is 66.5 Å². The van der Waals surface area contributed by atoms with Crippen molar-refractivity contribution >= 4 is 0 Å². The molecule has 2 N–H and O–H groups in total. The maximum Gasteiger partial charge on any atom is 0.0571 e. The lowest BCUT2D eigenvalue weighted by Crippen LogP contribution is -2.45. The molecule has 0 atom stereocenters. The van der Waals surface area contributed by atoms with Crippen molar-refractivity contribution in [1.82, 2.24) is 10.6 Å². The zero-order valence-corrected chi connectivity index (χ0v) is 12.0. The lowest BCUT2D eigenvalue weighted by Gasteiger charge is -2.22. The fourth-order valence-electron chi connectivity index (χ4n) is 1.63. The molecule has 0 aromatic rings. The van der Waals surface area contributed by atoms with Gasteiger partial charge in [-0.15, -0.1) is 0 Å². The summed E-state index contributed by atoms with van der Waals surface area (Å²) in [6.07, 6.45) is 5.76. The van der Waals surface area contributed by atoms with Crippen molar-refractivity contribution in [3.8, 4) is 0 Å². The van der Waals surface area contributed by atoms with Gasteiger partial charge >= 0.3 is 0 Å². The third-order valence-electron chi connectivity index (χ3n) is 2.64. The molecule has 2 heteroatoms. The van der Waals surface area contributed by atoms with E-state index in [0.717, 1.165) is 24.9 Å². The summed E-state index contributed by atoms with van der Waals surface area (Å²) in [4.78, 5) is 0. The normalized spacial score (nSPS) is 12.0. The van der Waals surface area contributed by atoms with E-state index in [0.29, 0.717) is 6.17 Å². The van der Waals surface area contributed by atoms with Crippen molar-refractivity contribution < 1.29 is 0 Å². The molecule has 0 fully saturated rings. The number of hydrogen-bond acceptors (Lipinski definition) is 2. The molecule has 0 bridgehead atoms. The van der Waals surface area contributed by atoms with E-state index in [4.69, 9.17) is 0 Å². The standard InChI is InChI=1S/C14H32N2/c1-6-7-8-9-14(15-10-12(2)3)16-11-13(4)5/h12-16H,6-11H2,1-5H3. The Morgan fingerprint density at radius 3 is 1.69 bits per heavy atom. The first-order chi connectivity index (χ1) is 7.56. The van der Waals surface area contributed by atoms with Gasteiger partial charge < -0.3 is 10.6 Å². The molecule has 0 aromatic carbocycles. The molecule has 0 aliphatic carbocycles. The molecule has 0 saturated carbocycles. The minimum atomic E-state index is 0.511. The Labute approximate surface area is 103 Å². The van der Waals surface area contributed by atoms with Crippen LogP contribution in [0.25, 0.3) is 0 Å². The molecule has 0 unspecified atom stereocenters. The lowest BCUT2D eigenvalue weighted by atomic mass is 10.1. The van der Waals surface area contributed by atoms with Crippen LogP contribution in [-0.2, 0) is 0 Å². The maximum absolute atomic E-state index is 3.62. The first kappa shape index (κ1) is 15.9. The van der Waals surface area contributed by atoms with Gasteiger partial charge in [-0.2, -0.15) is 0 Å². The molecule has 0 aromatic heterocycles. The van der Waals surface area contributed by atoms with Gasteiger partial charge in [0.2, 0.25) is 0 Å². The zero-order chi connectivity index (χ0) is 12.4. The van der Waals surface area contributed by atoms with Gasteiger partial charge in [0.1, 0.15) is 0 Å². The van der Waals surface area contributed by atoms with E-state index >= 15 is 0 Å². The fraction of sp³-hybridized carbons (Fsp3) is 1.00. The maximum atomic E-state index is 3.62. The third kappa shape index (κ3) is 10.4. The highest BCUT2D eigenvalue weighted by Crippen LogP contribution is 2.03. The summed E-state index contributed by atoms with van der Waals surface area (Å²) in [5, 5.41) is 7.24. The predicted molar refractivity (Wildman–Crippen MR) is 73.6 cm³/mol. The zero-order valence-electron chi connectivity index (χ0n) is 12.0. The first-order valence-corrected chi connectivity index (χ1v) is 7.03. The molecule has 0 saturated heterocycles. The molecule has 0 aliphatic rings. The van der Waals surface area contributed by atoms with E-state index in [1.165, 1.54) is 25.7 Å². The van der Waals surface area contributed by atoms with Crippen LogP contribution in [0, 0.1) is 11.8 Å². The summed E-state index contributed by atoms with van der Waals surface area (Å²) in [5.41, 5.74) is 0. The molecule has 2 nitrogen and oxygen atoms in total. The van der Waals surface area contributed by atoms with Crippen molar-refractivity contribution in [2.75, 3.05) is 13.1 Å². The fourth-order valence-corrected chi connectivity index (χ4v) is 1.63. The van der Waals surface area contributed by atoms with Crippen molar-refractivity contribution in [3.05, 3.63) is 0 Å². The number of hydrogen-bond donors (Lipinski definition) is 2. The van der Waals surface area contributed by atoms with Gasteiger partial charge in [0.05, 0.1) is 6.17 Å². The van der Waals surface area contributed by atoms with Crippen LogP contribution in [-0.4, -0.2) is 19.3 Å². The monoisotopic (exact) mass is 228 g/mol. The molecule has 0 rings (SSSR count). The molecule has 0 amide bonds. The van der Waals surface area contributed by atoms with Crippen molar-refractivity contribution in [3.63, 3.8) is 0 Å². The van der Waals surface area contributed by atoms with E-state index < -0.39 is 0 Å². The highest BCUT2D eigenvalue weighted by atomic mass is 15.1.